The number of piperidine rings is 2. The van der Waals surface area contributed by atoms with E-state index in [0.29, 0.717) is 35.9 Å². The Morgan fingerprint density at radius 3 is 2.50 bits per heavy atom. The third-order valence-electron chi connectivity index (χ3n) is 6.27. The van der Waals surface area contributed by atoms with E-state index >= 15 is 0 Å². The van der Waals surface area contributed by atoms with Crippen molar-refractivity contribution in [2.24, 2.45) is 0 Å². The van der Waals surface area contributed by atoms with Crippen LogP contribution in [0.15, 0.2) is 30.5 Å². The Morgan fingerprint density at radius 1 is 1.06 bits per heavy atom. The predicted octanol–water partition coefficient (Wildman–Crippen LogP) is 3.72. The van der Waals surface area contributed by atoms with Crippen LogP contribution in [-0.4, -0.2) is 57.8 Å². The van der Waals surface area contributed by atoms with Gasteiger partial charge in [-0.2, -0.15) is 0 Å². The van der Waals surface area contributed by atoms with Crippen LogP contribution >= 0.6 is 0 Å². The molecule has 2 aliphatic heterocycles. The molecule has 0 radical (unpaired) electrons. The van der Waals surface area contributed by atoms with Crippen molar-refractivity contribution in [2.75, 3.05) is 31.5 Å². The molecular formula is C24H30FN5O2. The second-order valence-electron chi connectivity index (χ2n) is 8.62. The van der Waals surface area contributed by atoms with Gasteiger partial charge in [-0.1, -0.05) is 6.42 Å². The highest BCUT2D eigenvalue weighted by Crippen LogP contribution is 2.29. The fourth-order valence-corrected chi connectivity index (χ4v) is 4.50. The number of carbonyl (C=O) groups is 2. The summed E-state index contributed by atoms with van der Waals surface area (Å²) in [6.45, 7) is 4.91. The maximum atomic E-state index is 13.1. The van der Waals surface area contributed by atoms with E-state index in [4.69, 9.17) is 0 Å². The number of hydrogen-bond donors (Lipinski definition) is 1. The monoisotopic (exact) mass is 439 g/mol. The summed E-state index contributed by atoms with van der Waals surface area (Å²) >= 11 is 0. The van der Waals surface area contributed by atoms with Gasteiger partial charge >= 0.3 is 0 Å². The van der Waals surface area contributed by atoms with Crippen LogP contribution in [0.2, 0.25) is 0 Å². The summed E-state index contributed by atoms with van der Waals surface area (Å²) < 4.78 is 13.1. The van der Waals surface area contributed by atoms with Gasteiger partial charge in [0.05, 0.1) is 23.8 Å². The molecular weight excluding hydrogens is 409 g/mol. The molecule has 32 heavy (non-hydrogen) atoms. The molecule has 0 unspecified atom stereocenters. The lowest BCUT2D eigenvalue weighted by Crippen LogP contribution is -2.46. The minimum absolute atomic E-state index is 0.135. The van der Waals surface area contributed by atoms with E-state index in [-0.39, 0.29) is 23.7 Å². The molecule has 1 aromatic carbocycles. The Balaban J connectivity index is 1.46. The van der Waals surface area contributed by atoms with Crippen molar-refractivity contribution >= 4 is 17.5 Å². The van der Waals surface area contributed by atoms with E-state index in [1.807, 2.05) is 4.90 Å². The number of halogens is 1. The summed E-state index contributed by atoms with van der Waals surface area (Å²) in [5.41, 5.74) is 1.42. The van der Waals surface area contributed by atoms with Gasteiger partial charge in [-0.3, -0.25) is 14.5 Å². The van der Waals surface area contributed by atoms with Crippen molar-refractivity contribution in [1.29, 1.82) is 0 Å². The minimum atomic E-state index is -0.362. The number of nitrogens with zero attached hydrogens (tertiary/aromatic N) is 4. The highest BCUT2D eigenvalue weighted by Gasteiger charge is 2.31. The Hall–Kier alpha value is -2.87. The molecule has 0 bridgehead atoms. The second kappa shape index (κ2) is 10.2. The number of carbonyl (C=O) groups excluding carboxylic acids is 2. The number of aryl methyl sites for hydroxylation is 1. The van der Waals surface area contributed by atoms with Gasteiger partial charge in [-0.25, -0.2) is 14.4 Å². The lowest BCUT2D eigenvalue weighted by Gasteiger charge is -2.37. The van der Waals surface area contributed by atoms with E-state index in [1.54, 1.807) is 6.92 Å². The average Bonchev–Trinajstić information content (AvgIpc) is 2.81. The Kier molecular flexibility index (Phi) is 7.09. The summed E-state index contributed by atoms with van der Waals surface area (Å²) in [6, 6.07) is 5.44. The molecule has 2 amide bonds. The molecule has 1 aromatic heterocycles. The number of likely N-dealkylation sites (tertiary alicyclic amines) is 2. The molecule has 4 rings (SSSR count). The lowest BCUT2D eigenvalue weighted by molar-refractivity contribution is -0.136. The van der Waals surface area contributed by atoms with Crippen molar-refractivity contribution in [3.8, 4) is 0 Å². The number of amides is 2. The van der Waals surface area contributed by atoms with Crippen LogP contribution in [-0.2, 0) is 4.79 Å². The van der Waals surface area contributed by atoms with Crippen molar-refractivity contribution in [3.63, 3.8) is 0 Å². The van der Waals surface area contributed by atoms with Crippen molar-refractivity contribution in [1.82, 2.24) is 19.8 Å². The molecule has 0 saturated carbocycles. The van der Waals surface area contributed by atoms with Crippen LogP contribution in [0.3, 0.4) is 0 Å². The van der Waals surface area contributed by atoms with E-state index in [1.165, 1.54) is 36.9 Å². The maximum Gasteiger partial charge on any atom is 0.259 e. The van der Waals surface area contributed by atoms with Gasteiger partial charge in [0, 0.05) is 18.4 Å². The lowest BCUT2D eigenvalue weighted by atomic mass is 10.0. The fourth-order valence-electron chi connectivity index (χ4n) is 4.50. The van der Waals surface area contributed by atoms with Crippen LogP contribution in [0.25, 0.3) is 0 Å². The van der Waals surface area contributed by atoms with Gasteiger partial charge < -0.3 is 10.2 Å². The summed E-state index contributed by atoms with van der Waals surface area (Å²) in [4.78, 5) is 39.0. The number of aromatic nitrogens is 2. The van der Waals surface area contributed by atoms with E-state index in [0.717, 1.165) is 45.2 Å². The fraction of sp³-hybridized carbons (Fsp3) is 0.500. The number of rotatable bonds is 5. The second-order valence-corrected chi connectivity index (χ2v) is 8.62. The molecule has 0 aliphatic carbocycles. The van der Waals surface area contributed by atoms with Gasteiger partial charge in [0.25, 0.3) is 5.91 Å². The summed E-state index contributed by atoms with van der Waals surface area (Å²) in [5.74, 6) is 0.0181. The molecule has 3 heterocycles. The first kappa shape index (κ1) is 22.3. The van der Waals surface area contributed by atoms with E-state index in [9.17, 15) is 14.0 Å². The largest absolute Gasteiger partial charge is 0.331 e. The third-order valence-corrected chi connectivity index (χ3v) is 6.27. The van der Waals surface area contributed by atoms with Crippen LogP contribution in [0.4, 0.5) is 10.1 Å². The molecule has 1 atom stereocenters. The molecule has 1 N–H and O–H groups in total. The van der Waals surface area contributed by atoms with Gasteiger partial charge in [-0.05, 0) is 76.4 Å². The average molecular weight is 440 g/mol. The van der Waals surface area contributed by atoms with Crippen molar-refractivity contribution in [2.45, 2.75) is 51.5 Å². The first-order chi connectivity index (χ1) is 15.5. The predicted molar refractivity (Wildman–Crippen MR) is 120 cm³/mol. The highest BCUT2D eigenvalue weighted by atomic mass is 19.1. The van der Waals surface area contributed by atoms with Crippen molar-refractivity contribution in [3.05, 3.63) is 53.4 Å². The molecule has 7 nitrogen and oxygen atoms in total. The Morgan fingerprint density at radius 2 is 1.78 bits per heavy atom. The first-order valence-corrected chi connectivity index (χ1v) is 11.4. The molecule has 8 heteroatoms. The zero-order chi connectivity index (χ0) is 22.5. The summed E-state index contributed by atoms with van der Waals surface area (Å²) in [5, 5.41) is 2.74. The topological polar surface area (TPSA) is 78.4 Å². The minimum Gasteiger partial charge on any atom is -0.331 e. The summed E-state index contributed by atoms with van der Waals surface area (Å²) in [7, 11) is 0. The smallest absolute Gasteiger partial charge is 0.259 e. The van der Waals surface area contributed by atoms with Gasteiger partial charge in [-0.15, -0.1) is 0 Å². The molecule has 0 spiro atoms. The zero-order valence-corrected chi connectivity index (χ0v) is 18.5. The van der Waals surface area contributed by atoms with Crippen molar-refractivity contribution < 1.29 is 14.0 Å². The standard InChI is InChI=1S/C24H30FN5O2/c1-17-20(24(32)28-19-10-8-18(25)9-11-19)15-26-23(27-17)21-7-3-6-14-30(21)22(31)16-29-12-4-2-5-13-29/h8-11,15,21H,2-7,12-14,16H2,1H3,(H,28,32)/t21-/m1/s1. The number of anilines is 1. The van der Waals surface area contributed by atoms with Crippen LogP contribution < -0.4 is 5.32 Å². The highest BCUT2D eigenvalue weighted by molar-refractivity contribution is 6.04. The molecule has 2 aliphatic rings. The third kappa shape index (κ3) is 5.30. The van der Waals surface area contributed by atoms with Crippen LogP contribution in [0, 0.1) is 12.7 Å². The maximum absolute atomic E-state index is 13.1. The van der Waals surface area contributed by atoms with Crippen LogP contribution in [0.5, 0.6) is 0 Å². The molecule has 2 fully saturated rings. The van der Waals surface area contributed by atoms with Gasteiger partial charge in [0.1, 0.15) is 5.82 Å². The SMILES string of the molecule is Cc1nc([C@H]2CCCCN2C(=O)CN2CCCCC2)ncc1C(=O)Nc1ccc(F)cc1. The van der Waals surface area contributed by atoms with E-state index in [2.05, 4.69) is 20.2 Å². The Bertz CT molecular complexity index is 959. The molecule has 170 valence electrons. The molecule has 2 aromatic rings. The van der Waals surface area contributed by atoms with Crippen LogP contribution in [0.1, 0.15) is 66.4 Å². The number of hydrogen-bond acceptors (Lipinski definition) is 5. The normalized spacial score (nSPS) is 19.6. The molecule has 2 saturated heterocycles. The number of benzene rings is 1. The Labute approximate surface area is 188 Å². The summed E-state index contributed by atoms with van der Waals surface area (Å²) in [6.07, 6.45) is 7.91. The van der Waals surface area contributed by atoms with Gasteiger partial charge in [0.2, 0.25) is 5.91 Å². The quantitative estimate of drug-likeness (QED) is 0.768. The number of nitrogens with one attached hydrogen (secondary N) is 1. The zero-order valence-electron chi connectivity index (χ0n) is 18.5. The first-order valence-electron chi connectivity index (χ1n) is 11.4. The van der Waals surface area contributed by atoms with Gasteiger partial charge in [0.15, 0.2) is 5.82 Å². The van der Waals surface area contributed by atoms with E-state index < -0.39 is 0 Å².